The van der Waals surface area contributed by atoms with Crippen LogP contribution in [-0.4, -0.2) is 23.6 Å². The van der Waals surface area contributed by atoms with E-state index in [1.165, 1.54) is 39.5 Å². The van der Waals surface area contributed by atoms with Gasteiger partial charge >= 0.3 is 5.69 Å². The fourth-order valence-corrected chi connectivity index (χ4v) is 4.78. The number of benzene rings is 2. The van der Waals surface area contributed by atoms with E-state index in [0.29, 0.717) is 24.3 Å². The first-order valence-electron chi connectivity index (χ1n) is 12.9. The normalized spacial score (nSPS) is 11.6. The fourth-order valence-electron chi connectivity index (χ4n) is 4.78. The number of nitrogens with zero attached hydrogens (tertiary/aromatic N) is 5. The first-order chi connectivity index (χ1) is 17.5. The van der Waals surface area contributed by atoms with Crippen LogP contribution in [0.15, 0.2) is 70.3 Å². The van der Waals surface area contributed by atoms with Gasteiger partial charge in [0, 0.05) is 33.7 Å². The van der Waals surface area contributed by atoms with Crippen LogP contribution in [0.4, 0.5) is 0 Å². The molecule has 7 nitrogen and oxygen atoms in total. The highest BCUT2D eigenvalue weighted by Gasteiger charge is 2.21. The van der Waals surface area contributed by atoms with Gasteiger partial charge in [-0.2, -0.15) is 0 Å². The number of hydrogen-bond donors (Lipinski definition) is 0. The third-order valence-corrected chi connectivity index (χ3v) is 6.78. The fraction of sp³-hybridized carbons (Fsp3) is 0.414. The minimum atomic E-state index is -0.350. The third-order valence-electron chi connectivity index (χ3n) is 6.78. The van der Waals surface area contributed by atoms with Gasteiger partial charge in [-0.1, -0.05) is 93.3 Å². The van der Waals surface area contributed by atoms with Gasteiger partial charge in [0.15, 0.2) is 11.2 Å². The van der Waals surface area contributed by atoms with Crippen molar-refractivity contribution in [2.24, 2.45) is 14.1 Å². The summed E-state index contributed by atoms with van der Waals surface area (Å²) < 4.78 is 4.74. The summed E-state index contributed by atoms with van der Waals surface area (Å²) in [6.45, 7) is 5.01. The van der Waals surface area contributed by atoms with Gasteiger partial charge in [-0.05, 0) is 17.5 Å². The van der Waals surface area contributed by atoms with E-state index in [9.17, 15) is 9.59 Å². The highest BCUT2D eigenvalue weighted by Crippen LogP contribution is 2.18. The second-order valence-electron chi connectivity index (χ2n) is 9.59. The van der Waals surface area contributed by atoms with E-state index in [1.54, 1.807) is 14.1 Å². The summed E-state index contributed by atoms with van der Waals surface area (Å²) in [5.41, 5.74) is 2.79. The van der Waals surface area contributed by atoms with Crippen molar-refractivity contribution in [2.75, 3.05) is 0 Å². The molecule has 0 fully saturated rings. The lowest BCUT2D eigenvalue weighted by atomic mass is 10.1. The van der Waals surface area contributed by atoms with E-state index in [1.807, 2.05) is 12.1 Å². The second kappa shape index (κ2) is 12.0. The second-order valence-corrected chi connectivity index (χ2v) is 9.59. The quantitative estimate of drug-likeness (QED) is 0.274. The summed E-state index contributed by atoms with van der Waals surface area (Å²) in [5.74, 6) is 0.825. The number of fused-ring (bicyclic) bond motifs is 1. The molecule has 4 rings (SSSR count). The standard InChI is InChI=1S/C29H37N5O2/c1-4-5-6-7-14-19-34-25(30-27-26(34)28(35)32(3)29(36)31(27)2)22-33(20-23-15-10-8-11-16-23)21-24-17-12-9-13-18-24/h8-13,15-18H,4-7,14,19-22H2,1-3H3. The topological polar surface area (TPSA) is 65.1 Å². The van der Waals surface area contributed by atoms with Crippen molar-refractivity contribution in [3.05, 3.63) is 98.5 Å². The molecule has 7 heteroatoms. The predicted molar refractivity (Wildman–Crippen MR) is 145 cm³/mol. The van der Waals surface area contributed by atoms with Crippen LogP contribution < -0.4 is 11.2 Å². The van der Waals surface area contributed by atoms with Crippen molar-refractivity contribution in [1.29, 1.82) is 0 Å². The molecule has 0 bridgehead atoms. The molecule has 0 saturated heterocycles. The predicted octanol–water partition coefficient (Wildman–Crippen LogP) is 4.61. The number of hydrogen-bond acceptors (Lipinski definition) is 4. The van der Waals surface area contributed by atoms with Gasteiger partial charge in [-0.25, -0.2) is 9.78 Å². The summed E-state index contributed by atoms with van der Waals surface area (Å²) in [5, 5.41) is 0. The average Bonchev–Trinajstić information content (AvgIpc) is 3.25. The summed E-state index contributed by atoms with van der Waals surface area (Å²) in [6.07, 6.45) is 5.67. The molecule has 0 amide bonds. The smallest absolute Gasteiger partial charge is 0.321 e. The zero-order chi connectivity index (χ0) is 25.5. The first-order valence-corrected chi connectivity index (χ1v) is 12.9. The Morgan fingerprint density at radius 2 is 1.33 bits per heavy atom. The van der Waals surface area contributed by atoms with Crippen molar-refractivity contribution in [3.8, 4) is 0 Å². The van der Waals surface area contributed by atoms with E-state index in [2.05, 4.69) is 64.9 Å². The van der Waals surface area contributed by atoms with E-state index >= 15 is 0 Å². The Morgan fingerprint density at radius 1 is 0.750 bits per heavy atom. The summed E-state index contributed by atoms with van der Waals surface area (Å²) in [6, 6.07) is 20.8. The highest BCUT2D eigenvalue weighted by molar-refractivity contribution is 5.71. The molecule has 36 heavy (non-hydrogen) atoms. The molecule has 0 unspecified atom stereocenters. The number of aromatic nitrogens is 4. The third kappa shape index (κ3) is 5.85. The van der Waals surface area contributed by atoms with Crippen LogP contribution in [0.1, 0.15) is 56.0 Å². The Morgan fingerprint density at radius 3 is 1.92 bits per heavy atom. The Balaban J connectivity index is 1.72. The van der Waals surface area contributed by atoms with Gasteiger partial charge in [0.2, 0.25) is 0 Å². The number of rotatable bonds is 12. The lowest BCUT2D eigenvalue weighted by Gasteiger charge is -2.23. The Bertz CT molecular complexity index is 1350. The molecule has 0 aliphatic rings. The Hall–Kier alpha value is -3.45. The minimum Gasteiger partial charge on any atom is -0.321 e. The van der Waals surface area contributed by atoms with Crippen molar-refractivity contribution in [2.45, 2.75) is 65.2 Å². The largest absolute Gasteiger partial charge is 0.332 e. The monoisotopic (exact) mass is 487 g/mol. The molecule has 2 heterocycles. The molecule has 190 valence electrons. The SMILES string of the molecule is CCCCCCCn1c(CN(Cc2ccccc2)Cc2ccccc2)nc2c1c(=O)n(C)c(=O)n2C. The van der Waals surface area contributed by atoms with Crippen LogP contribution in [0.25, 0.3) is 11.2 Å². The zero-order valence-electron chi connectivity index (χ0n) is 21.7. The van der Waals surface area contributed by atoms with Crippen LogP contribution in [0.5, 0.6) is 0 Å². The van der Waals surface area contributed by atoms with E-state index < -0.39 is 0 Å². The Labute approximate surface area is 212 Å². The zero-order valence-corrected chi connectivity index (χ0v) is 21.7. The summed E-state index contributed by atoms with van der Waals surface area (Å²) >= 11 is 0. The Kier molecular flexibility index (Phi) is 8.54. The van der Waals surface area contributed by atoms with Crippen LogP contribution in [0.2, 0.25) is 0 Å². The maximum Gasteiger partial charge on any atom is 0.332 e. The molecule has 2 aromatic carbocycles. The molecule has 0 spiro atoms. The van der Waals surface area contributed by atoms with Crippen LogP contribution in [-0.2, 0) is 40.3 Å². The molecular formula is C29H37N5O2. The molecule has 2 aromatic heterocycles. The highest BCUT2D eigenvalue weighted by atomic mass is 16.2. The summed E-state index contributed by atoms with van der Waals surface area (Å²) in [4.78, 5) is 33.1. The lowest BCUT2D eigenvalue weighted by molar-refractivity contribution is 0.238. The van der Waals surface area contributed by atoms with Gasteiger partial charge in [0.25, 0.3) is 5.56 Å². The lowest BCUT2D eigenvalue weighted by Crippen LogP contribution is -2.37. The van der Waals surface area contributed by atoms with E-state index in [4.69, 9.17) is 4.98 Å². The maximum absolute atomic E-state index is 13.2. The number of unbranched alkanes of at least 4 members (excludes halogenated alkanes) is 4. The summed E-state index contributed by atoms with van der Waals surface area (Å²) in [7, 11) is 3.23. The van der Waals surface area contributed by atoms with Gasteiger partial charge < -0.3 is 4.57 Å². The first kappa shape index (κ1) is 25.6. The van der Waals surface area contributed by atoms with Crippen molar-refractivity contribution < 1.29 is 0 Å². The van der Waals surface area contributed by atoms with Gasteiger partial charge in [-0.15, -0.1) is 0 Å². The molecular weight excluding hydrogens is 450 g/mol. The van der Waals surface area contributed by atoms with Crippen molar-refractivity contribution in [1.82, 2.24) is 23.6 Å². The average molecular weight is 488 g/mol. The maximum atomic E-state index is 13.2. The molecule has 0 aliphatic carbocycles. The van der Waals surface area contributed by atoms with E-state index in [-0.39, 0.29) is 11.2 Å². The van der Waals surface area contributed by atoms with Crippen LogP contribution in [0, 0.1) is 0 Å². The molecule has 0 atom stereocenters. The molecule has 4 aromatic rings. The number of aryl methyl sites for hydroxylation is 2. The number of imidazole rings is 1. The molecule has 0 saturated carbocycles. The van der Waals surface area contributed by atoms with Gasteiger partial charge in [0.1, 0.15) is 5.82 Å². The minimum absolute atomic E-state index is 0.280. The van der Waals surface area contributed by atoms with Gasteiger partial charge in [-0.3, -0.25) is 18.8 Å². The van der Waals surface area contributed by atoms with Crippen molar-refractivity contribution in [3.63, 3.8) is 0 Å². The molecule has 0 N–H and O–H groups in total. The molecule has 0 aliphatic heterocycles. The van der Waals surface area contributed by atoms with Crippen LogP contribution >= 0.6 is 0 Å². The van der Waals surface area contributed by atoms with E-state index in [0.717, 1.165) is 31.8 Å². The molecule has 0 radical (unpaired) electrons. The van der Waals surface area contributed by atoms with Crippen LogP contribution in [0.3, 0.4) is 0 Å². The van der Waals surface area contributed by atoms with Crippen molar-refractivity contribution >= 4 is 11.2 Å². The van der Waals surface area contributed by atoms with Gasteiger partial charge in [0.05, 0.1) is 6.54 Å².